The van der Waals surface area contributed by atoms with E-state index in [9.17, 15) is 0 Å². The maximum atomic E-state index is 2.49. The van der Waals surface area contributed by atoms with Crippen LogP contribution in [-0.4, -0.2) is 8.07 Å². The molecule has 0 heterocycles. The minimum Gasteiger partial charge on any atom is -0.0623 e. The number of benzene rings is 8. The lowest BCUT2D eigenvalue weighted by Gasteiger charge is -2.34. The minimum absolute atomic E-state index is 0.342. The van der Waals surface area contributed by atoms with Crippen molar-refractivity contribution in [3.05, 3.63) is 229 Å². The van der Waals surface area contributed by atoms with E-state index in [1.165, 1.54) is 76.4 Å². The van der Waals surface area contributed by atoms with Crippen molar-refractivity contribution in [2.75, 3.05) is 0 Å². The largest absolute Gasteiger partial charge is 0.179 e. The molecule has 0 unspecified atom stereocenters. The fourth-order valence-electron chi connectivity index (χ4n) is 9.25. The van der Waals surface area contributed by atoms with Crippen molar-refractivity contribution in [2.45, 2.75) is 5.41 Å². The second-order valence-corrected chi connectivity index (χ2v) is 17.4. The summed E-state index contributed by atoms with van der Waals surface area (Å²) >= 11 is 0. The molecule has 1 spiro atoms. The Kier molecular flexibility index (Phi) is 6.52. The van der Waals surface area contributed by atoms with Gasteiger partial charge < -0.3 is 0 Å². The molecule has 2 aliphatic carbocycles. The molecular weight excluding hydrogens is 617 g/mol. The SMILES string of the molecule is c1ccc([Si](c2ccccc2)(c2ccccc2)c2ccc(-c3ccc4c(c3)C3(c5ccccc5-c5ccccc53)c3ccccc3-4)cc2)cc1. The number of hydrogen-bond acceptors (Lipinski definition) is 0. The van der Waals surface area contributed by atoms with E-state index < -0.39 is 8.07 Å². The van der Waals surface area contributed by atoms with Crippen molar-refractivity contribution in [2.24, 2.45) is 0 Å². The third-order valence-electron chi connectivity index (χ3n) is 11.3. The monoisotopic (exact) mass is 650 g/mol. The molecule has 0 bridgehead atoms. The van der Waals surface area contributed by atoms with Crippen LogP contribution in [0.4, 0.5) is 0 Å². The molecule has 0 saturated heterocycles. The Labute approximate surface area is 295 Å². The molecule has 0 nitrogen and oxygen atoms in total. The Bertz CT molecular complexity index is 2350. The van der Waals surface area contributed by atoms with Crippen molar-refractivity contribution in [3.8, 4) is 33.4 Å². The second-order valence-electron chi connectivity index (χ2n) is 13.6. The van der Waals surface area contributed by atoms with E-state index in [-0.39, 0.29) is 5.41 Å². The predicted molar refractivity (Wildman–Crippen MR) is 212 cm³/mol. The smallest absolute Gasteiger partial charge is 0.0623 e. The minimum atomic E-state index is -2.59. The van der Waals surface area contributed by atoms with E-state index in [0.717, 1.165) is 0 Å². The summed E-state index contributed by atoms with van der Waals surface area (Å²) in [5, 5.41) is 5.55. The van der Waals surface area contributed by atoms with Crippen LogP contribution in [0.25, 0.3) is 33.4 Å². The van der Waals surface area contributed by atoms with Crippen LogP contribution in [0.3, 0.4) is 0 Å². The van der Waals surface area contributed by atoms with Gasteiger partial charge in [-0.1, -0.05) is 200 Å². The van der Waals surface area contributed by atoms with Crippen LogP contribution in [0.2, 0.25) is 0 Å². The van der Waals surface area contributed by atoms with Crippen LogP contribution in [0.1, 0.15) is 22.3 Å². The van der Waals surface area contributed by atoms with Gasteiger partial charge in [0, 0.05) is 0 Å². The zero-order valence-electron chi connectivity index (χ0n) is 27.6. The van der Waals surface area contributed by atoms with Gasteiger partial charge in [-0.2, -0.15) is 0 Å². The predicted octanol–water partition coefficient (Wildman–Crippen LogP) is 9.07. The highest BCUT2D eigenvalue weighted by Gasteiger charge is 2.51. The van der Waals surface area contributed by atoms with E-state index in [2.05, 4.69) is 206 Å². The number of rotatable bonds is 5. The molecule has 0 radical (unpaired) electrons. The Morgan fingerprint density at radius 2 is 0.600 bits per heavy atom. The van der Waals surface area contributed by atoms with Crippen molar-refractivity contribution in [1.29, 1.82) is 0 Å². The molecule has 50 heavy (non-hydrogen) atoms. The molecule has 10 rings (SSSR count). The van der Waals surface area contributed by atoms with Gasteiger partial charge in [0.05, 0.1) is 5.41 Å². The van der Waals surface area contributed by atoms with E-state index in [0.29, 0.717) is 0 Å². The molecule has 0 N–H and O–H groups in total. The van der Waals surface area contributed by atoms with Crippen LogP contribution < -0.4 is 20.7 Å². The average Bonchev–Trinajstić information content (AvgIpc) is 3.67. The van der Waals surface area contributed by atoms with E-state index in [4.69, 9.17) is 0 Å². The maximum absolute atomic E-state index is 2.59. The Balaban J connectivity index is 1.17. The normalized spacial score (nSPS) is 13.4. The lowest BCUT2D eigenvalue weighted by atomic mass is 9.70. The molecule has 1 heteroatoms. The third-order valence-corrected chi connectivity index (χ3v) is 16.1. The van der Waals surface area contributed by atoms with Crippen LogP contribution in [0.15, 0.2) is 206 Å². The fourth-order valence-corrected chi connectivity index (χ4v) is 14.0. The molecule has 0 atom stereocenters. The topological polar surface area (TPSA) is 0 Å². The molecule has 0 aliphatic heterocycles. The molecule has 0 aromatic heterocycles. The summed E-state index contributed by atoms with van der Waals surface area (Å²) in [7, 11) is -2.59. The summed E-state index contributed by atoms with van der Waals surface area (Å²) in [6.07, 6.45) is 0. The summed E-state index contributed by atoms with van der Waals surface area (Å²) in [6, 6.07) is 77.3. The summed E-state index contributed by atoms with van der Waals surface area (Å²) in [5.74, 6) is 0. The first-order valence-electron chi connectivity index (χ1n) is 17.5. The van der Waals surface area contributed by atoms with Crippen molar-refractivity contribution in [3.63, 3.8) is 0 Å². The Morgan fingerprint density at radius 1 is 0.260 bits per heavy atom. The molecule has 0 fully saturated rings. The van der Waals surface area contributed by atoms with E-state index in [1.807, 2.05) is 0 Å². The lowest BCUT2D eigenvalue weighted by Crippen LogP contribution is -2.74. The van der Waals surface area contributed by atoms with Crippen molar-refractivity contribution < 1.29 is 0 Å². The highest BCUT2D eigenvalue weighted by molar-refractivity contribution is 7.19. The van der Waals surface area contributed by atoms with Gasteiger partial charge in [-0.3, -0.25) is 0 Å². The highest BCUT2D eigenvalue weighted by Crippen LogP contribution is 2.62. The first-order valence-corrected chi connectivity index (χ1v) is 19.5. The Morgan fingerprint density at radius 3 is 1.04 bits per heavy atom. The fraction of sp³-hybridized carbons (Fsp3) is 0.0204. The summed E-state index contributed by atoms with van der Waals surface area (Å²) in [6.45, 7) is 0. The van der Waals surface area contributed by atoms with Gasteiger partial charge in [0.1, 0.15) is 0 Å². The highest BCUT2D eigenvalue weighted by atomic mass is 28.3. The first kappa shape index (κ1) is 28.9. The van der Waals surface area contributed by atoms with Gasteiger partial charge in [0.15, 0.2) is 8.07 Å². The van der Waals surface area contributed by atoms with Gasteiger partial charge >= 0.3 is 0 Å². The summed E-state index contributed by atoms with van der Waals surface area (Å²) in [5.41, 5.74) is 13.0. The summed E-state index contributed by atoms with van der Waals surface area (Å²) in [4.78, 5) is 0. The maximum Gasteiger partial charge on any atom is 0.179 e. The molecule has 0 saturated carbocycles. The van der Waals surface area contributed by atoms with Crippen LogP contribution in [0, 0.1) is 0 Å². The quantitative estimate of drug-likeness (QED) is 0.129. The second kappa shape index (κ2) is 11.3. The van der Waals surface area contributed by atoms with Gasteiger partial charge in [-0.25, -0.2) is 0 Å². The van der Waals surface area contributed by atoms with Gasteiger partial charge in [-0.15, -0.1) is 0 Å². The molecule has 8 aromatic rings. The van der Waals surface area contributed by atoms with Gasteiger partial charge in [-0.05, 0) is 82.4 Å². The third kappa shape index (κ3) is 3.93. The average molecular weight is 651 g/mol. The first-order chi connectivity index (χ1) is 24.8. The van der Waals surface area contributed by atoms with Crippen molar-refractivity contribution in [1.82, 2.24) is 0 Å². The Hall–Kier alpha value is -6.02. The molecular formula is C49H34Si. The van der Waals surface area contributed by atoms with E-state index >= 15 is 0 Å². The van der Waals surface area contributed by atoms with E-state index in [1.54, 1.807) is 0 Å². The lowest BCUT2D eigenvalue weighted by molar-refractivity contribution is 0.794. The zero-order valence-corrected chi connectivity index (χ0v) is 28.6. The molecule has 0 amide bonds. The van der Waals surface area contributed by atoms with Crippen LogP contribution in [-0.2, 0) is 5.41 Å². The standard InChI is InChI=1S/C49H34Si/c1-4-16-37(17-5-1)50(38-18-6-2-7-19-38,39-20-8-3-9-21-39)40-31-28-35(29-32-40)36-30-33-44-43-24-12-15-27-47(43)49(48(44)34-36)45-25-13-10-22-41(45)42-23-11-14-26-46(42)49/h1-34H. The number of fused-ring (bicyclic) bond motifs is 10. The van der Waals surface area contributed by atoms with Crippen LogP contribution >= 0.6 is 0 Å². The molecule has 234 valence electrons. The van der Waals surface area contributed by atoms with Gasteiger partial charge in [0.25, 0.3) is 0 Å². The summed E-state index contributed by atoms with van der Waals surface area (Å²) < 4.78 is 0. The van der Waals surface area contributed by atoms with Gasteiger partial charge in [0.2, 0.25) is 0 Å². The zero-order chi connectivity index (χ0) is 33.1. The molecule has 2 aliphatic rings. The molecule has 8 aromatic carbocycles. The van der Waals surface area contributed by atoms with Crippen LogP contribution in [0.5, 0.6) is 0 Å². The van der Waals surface area contributed by atoms with Crippen molar-refractivity contribution >= 4 is 28.8 Å². The number of hydrogen-bond donors (Lipinski definition) is 0.